The molecule has 0 radical (unpaired) electrons. The lowest BCUT2D eigenvalue weighted by Gasteiger charge is -2.46. The molecule has 1 aromatic rings. The molecule has 1 aromatic carbocycles. The third-order valence-electron chi connectivity index (χ3n) is 4.69. The molecule has 2 nitrogen and oxygen atoms in total. The van der Waals surface area contributed by atoms with Gasteiger partial charge in [0.25, 0.3) is 0 Å². The van der Waals surface area contributed by atoms with Crippen molar-refractivity contribution >= 4 is 23.2 Å². The van der Waals surface area contributed by atoms with Crippen molar-refractivity contribution in [2.24, 2.45) is 0 Å². The molecule has 0 aliphatic heterocycles. The number of hydrogen-bond donors (Lipinski definition) is 1. The van der Waals surface area contributed by atoms with E-state index >= 15 is 0 Å². The zero-order valence-corrected chi connectivity index (χ0v) is 13.7. The minimum Gasteiger partial charge on any atom is -0.391 e. The van der Waals surface area contributed by atoms with Crippen LogP contribution >= 0.6 is 23.2 Å². The van der Waals surface area contributed by atoms with Crippen molar-refractivity contribution in [3.8, 4) is 0 Å². The SMILES string of the molecule is CN(C)C1(C(O)Cc2c(Cl)cccc2Cl)CCCCC1. The molecule has 0 amide bonds. The molecule has 4 heteroatoms. The molecule has 1 aliphatic rings. The Bertz CT molecular complexity index is 436. The molecule has 1 fully saturated rings. The van der Waals surface area contributed by atoms with Crippen LogP contribution < -0.4 is 0 Å². The first-order valence-corrected chi connectivity index (χ1v) is 8.01. The average Bonchev–Trinajstić information content (AvgIpc) is 2.43. The third kappa shape index (κ3) is 3.14. The van der Waals surface area contributed by atoms with Gasteiger partial charge in [-0.1, -0.05) is 48.5 Å². The summed E-state index contributed by atoms with van der Waals surface area (Å²) in [5, 5.41) is 12.1. The van der Waals surface area contributed by atoms with Crippen molar-refractivity contribution in [1.29, 1.82) is 0 Å². The summed E-state index contributed by atoms with van der Waals surface area (Å²) in [7, 11) is 4.12. The van der Waals surface area contributed by atoms with Crippen LogP contribution in [0, 0.1) is 0 Å². The fourth-order valence-corrected chi connectivity index (χ4v) is 3.90. The lowest BCUT2D eigenvalue weighted by Crippen LogP contribution is -2.55. The van der Waals surface area contributed by atoms with Gasteiger partial charge in [0, 0.05) is 22.0 Å². The topological polar surface area (TPSA) is 23.5 Å². The first kappa shape index (κ1) is 16.1. The second kappa shape index (κ2) is 6.65. The molecule has 1 unspecified atom stereocenters. The standard InChI is InChI=1S/C16H23Cl2NO/c1-19(2)16(9-4-3-5-10-16)15(20)11-12-13(17)7-6-8-14(12)18/h6-8,15,20H,3-5,9-11H2,1-2H3. The monoisotopic (exact) mass is 315 g/mol. The quantitative estimate of drug-likeness (QED) is 0.901. The van der Waals surface area contributed by atoms with Crippen LogP contribution in [0.4, 0.5) is 0 Å². The Morgan fingerprint density at radius 3 is 2.20 bits per heavy atom. The summed E-state index contributed by atoms with van der Waals surface area (Å²) in [4.78, 5) is 2.18. The Morgan fingerprint density at radius 1 is 1.15 bits per heavy atom. The number of rotatable bonds is 4. The van der Waals surface area contributed by atoms with Gasteiger partial charge in [0.15, 0.2) is 0 Å². The molecular weight excluding hydrogens is 293 g/mol. The molecule has 0 spiro atoms. The molecule has 20 heavy (non-hydrogen) atoms. The van der Waals surface area contributed by atoms with Crippen molar-refractivity contribution in [2.45, 2.75) is 50.2 Å². The van der Waals surface area contributed by atoms with Crippen LogP contribution in [0.5, 0.6) is 0 Å². The van der Waals surface area contributed by atoms with Gasteiger partial charge in [0.2, 0.25) is 0 Å². The van der Waals surface area contributed by atoms with Gasteiger partial charge in [0.05, 0.1) is 6.10 Å². The third-order valence-corrected chi connectivity index (χ3v) is 5.40. The Kier molecular flexibility index (Phi) is 5.36. The Hall–Kier alpha value is -0.280. The van der Waals surface area contributed by atoms with Crippen LogP contribution in [0.3, 0.4) is 0 Å². The van der Waals surface area contributed by atoms with Crippen LogP contribution in [-0.4, -0.2) is 35.7 Å². The molecule has 112 valence electrons. The number of benzene rings is 1. The van der Waals surface area contributed by atoms with Gasteiger partial charge >= 0.3 is 0 Å². The Balaban J connectivity index is 2.23. The maximum Gasteiger partial charge on any atom is 0.0764 e. The van der Waals surface area contributed by atoms with E-state index in [2.05, 4.69) is 19.0 Å². The van der Waals surface area contributed by atoms with Gasteiger partial charge < -0.3 is 10.0 Å². The summed E-state index contributed by atoms with van der Waals surface area (Å²) in [5.74, 6) is 0. The molecule has 0 saturated heterocycles. The number of nitrogens with zero attached hydrogens (tertiary/aromatic N) is 1. The fraction of sp³-hybridized carbons (Fsp3) is 0.625. The van der Waals surface area contributed by atoms with E-state index in [1.165, 1.54) is 19.3 Å². The predicted molar refractivity (Wildman–Crippen MR) is 85.7 cm³/mol. The van der Waals surface area contributed by atoms with Gasteiger partial charge in [-0.05, 0) is 44.6 Å². The van der Waals surface area contributed by atoms with E-state index in [-0.39, 0.29) is 5.54 Å². The number of likely N-dealkylation sites (N-methyl/N-ethyl adjacent to an activating group) is 1. The van der Waals surface area contributed by atoms with Crippen LogP contribution in [-0.2, 0) is 6.42 Å². The van der Waals surface area contributed by atoms with E-state index in [4.69, 9.17) is 23.2 Å². The van der Waals surface area contributed by atoms with Crippen molar-refractivity contribution in [1.82, 2.24) is 4.90 Å². The predicted octanol–water partition coefficient (Wildman–Crippen LogP) is 4.16. The first-order chi connectivity index (χ1) is 9.47. The normalized spacial score (nSPS) is 20.1. The number of halogens is 2. The fourth-order valence-electron chi connectivity index (χ4n) is 3.35. The zero-order valence-electron chi connectivity index (χ0n) is 12.2. The van der Waals surface area contributed by atoms with E-state index in [1.807, 2.05) is 18.2 Å². The molecular formula is C16H23Cl2NO. The van der Waals surface area contributed by atoms with Crippen molar-refractivity contribution in [3.05, 3.63) is 33.8 Å². The lowest BCUT2D eigenvalue weighted by molar-refractivity contribution is -0.0310. The summed E-state index contributed by atoms with van der Waals surface area (Å²) >= 11 is 12.5. The number of aliphatic hydroxyl groups is 1. The molecule has 2 rings (SSSR count). The highest BCUT2D eigenvalue weighted by Crippen LogP contribution is 2.37. The Morgan fingerprint density at radius 2 is 1.70 bits per heavy atom. The van der Waals surface area contributed by atoms with Crippen LogP contribution in [0.1, 0.15) is 37.7 Å². The highest BCUT2D eigenvalue weighted by Gasteiger charge is 2.41. The van der Waals surface area contributed by atoms with E-state index in [0.717, 1.165) is 18.4 Å². The second-order valence-electron chi connectivity index (χ2n) is 5.98. The van der Waals surface area contributed by atoms with E-state index in [9.17, 15) is 5.11 Å². The smallest absolute Gasteiger partial charge is 0.0764 e. The molecule has 1 N–H and O–H groups in total. The molecule has 1 aliphatic carbocycles. The summed E-state index contributed by atoms with van der Waals surface area (Å²) in [5.41, 5.74) is 0.705. The zero-order chi connectivity index (χ0) is 14.8. The van der Waals surface area contributed by atoms with Crippen molar-refractivity contribution < 1.29 is 5.11 Å². The van der Waals surface area contributed by atoms with Gasteiger partial charge in [-0.2, -0.15) is 0 Å². The molecule has 1 saturated carbocycles. The van der Waals surface area contributed by atoms with Crippen LogP contribution in [0.2, 0.25) is 10.0 Å². The maximum atomic E-state index is 10.8. The van der Waals surface area contributed by atoms with Crippen LogP contribution in [0.25, 0.3) is 0 Å². The van der Waals surface area contributed by atoms with E-state index in [0.29, 0.717) is 16.5 Å². The van der Waals surface area contributed by atoms with Crippen molar-refractivity contribution in [3.63, 3.8) is 0 Å². The summed E-state index contributed by atoms with van der Waals surface area (Å²) in [6.07, 6.45) is 5.73. The summed E-state index contributed by atoms with van der Waals surface area (Å²) < 4.78 is 0. The largest absolute Gasteiger partial charge is 0.391 e. The summed E-state index contributed by atoms with van der Waals surface area (Å²) in [6.45, 7) is 0. The van der Waals surface area contributed by atoms with Gasteiger partial charge in [-0.25, -0.2) is 0 Å². The number of aliphatic hydroxyl groups excluding tert-OH is 1. The summed E-state index contributed by atoms with van der Waals surface area (Å²) in [6, 6.07) is 5.50. The maximum absolute atomic E-state index is 10.8. The van der Waals surface area contributed by atoms with E-state index < -0.39 is 6.10 Å². The Labute approximate surface area is 131 Å². The van der Waals surface area contributed by atoms with Crippen LogP contribution in [0.15, 0.2) is 18.2 Å². The molecule has 1 atom stereocenters. The van der Waals surface area contributed by atoms with Gasteiger partial charge in [0.1, 0.15) is 0 Å². The molecule has 0 heterocycles. The second-order valence-corrected chi connectivity index (χ2v) is 6.79. The highest BCUT2D eigenvalue weighted by molar-refractivity contribution is 6.36. The molecule has 0 aromatic heterocycles. The first-order valence-electron chi connectivity index (χ1n) is 7.26. The minimum absolute atomic E-state index is 0.152. The average molecular weight is 316 g/mol. The number of hydrogen-bond acceptors (Lipinski definition) is 2. The minimum atomic E-state index is -0.449. The lowest BCUT2D eigenvalue weighted by atomic mass is 9.75. The van der Waals surface area contributed by atoms with Gasteiger partial charge in [-0.15, -0.1) is 0 Å². The van der Waals surface area contributed by atoms with Gasteiger partial charge in [-0.3, -0.25) is 0 Å². The van der Waals surface area contributed by atoms with Crippen molar-refractivity contribution in [2.75, 3.05) is 14.1 Å². The van der Waals surface area contributed by atoms with E-state index in [1.54, 1.807) is 0 Å². The molecule has 0 bridgehead atoms. The highest BCUT2D eigenvalue weighted by atomic mass is 35.5.